The van der Waals surface area contributed by atoms with Gasteiger partial charge in [0.2, 0.25) is 0 Å². The van der Waals surface area contributed by atoms with Gasteiger partial charge in [-0.3, -0.25) is 4.79 Å². The van der Waals surface area contributed by atoms with Crippen molar-refractivity contribution >= 4 is 22.9 Å². The molecule has 0 aliphatic carbocycles. The molecule has 4 heterocycles. The largest absolute Gasteiger partial charge is 0.493 e. The molecule has 5 rings (SSSR count). The van der Waals surface area contributed by atoms with Crippen molar-refractivity contribution < 1.29 is 14.3 Å². The molecule has 8 heteroatoms. The highest BCUT2D eigenvalue weighted by Crippen LogP contribution is 2.37. The SMILES string of the molecule is COc1cccc(-c2ccc3nc([C@H]4CCCN(C(=O)c5ccsc5)C4)nn3c2)c1OC. The van der Waals surface area contributed by atoms with Crippen LogP contribution in [0.3, 0.4) is 0 Å². The molecule has 164 valence electrons. The van der Waals surface area contributed by atoms with E-state index in [9.17, 15) is 4.79 Å². The Balaban J connectivity index is 1.43. The summed E-state index contributed by atoms with van der Waals surface area (Å²) in [5.41, 5.74) is 3.43. The first-order valence-corrected chi connectivity index (χ1v) is 11.5. The molecular weight excluding hydrogens is 424 g/mol. The molecule has 4 aromatic rings. The summed E-state index contributed by atoms with van der Waals surface area (Å²) >= 11 is 1.54. The lowest BCUT2D eigenvalue weighted by molar-refractivity contribution is 0.0705. The number of carbonyl (C=O) groups excluding carboxylic acids is 1. The van der Waals surface area contributed by atoms with Crippen LogP contribution in [0.2, 0.25) is 0 Å². The second-order valence-corrected chi connectivity index (χ2v) is 8.61. The van der Waals surface area contributed by atoms with Crippen molar-refractivity contribution in [2.24, 2.45) is 0 Å². The number of fused-ring (bicyclic) bond motifs is 1. The van der Waals surface area contributed by atoms with Crippen LogP contribution >= 0.6 is 11.3 Å². The van der Waals surface area contributed by atoms with Gasteiger partial charge in [-0.25, -0.2) is 9.50 Å². The Bertz CT molecular complexity index is 1250. The van der Waals surface area contributed by atoms with Crippen molar-refractivity contribution in [3.05, 3.63) is 64.7 Å². The summed E-state index contributed by atoms with van der Waals surface area (Å²) in [6.07, 6.45) is 3.88. The standard InChI is InChI=1S/C24H24N4O3S/c1-30-20-7-3-6-19(22(20)31-2)16-8-9-21-25-23(26-28(21)14-16)17-5-4-11-27(13-17)24(29)18-10-12-32-15-18/h3,6-10,12,14-15,17H,4-5,11,13H2,1-2H3/t17-/m0/s1. The second-order valence-electron chi connectivity index (χ2n) is 7.83. The number of nitrogens with zero attached hydrogens (tertiary/aromatic N) is 4. The lowest BCUT2D eigenvalue weighted by Gasteiger charge is -2.31. The molecule has 0 radical (unpaired) electrons. The zero-order chi connectivity index (χ0) is 22.1. The van der Waals surface area contributed by atoms with Crippen molar-refractivity contribution in [3.63, 3.8) is 0 Å². The van der Waals surface area contributed by atoms with Crippen LogP contribution in [0, 0.1) is 0 Å². The number of benzene rings is 1. The molecule has 1 saturated heterocycles. The third-order valence-corrected chi connectivity index (χ3v) is 6.59. The monoisotopic (exact) mass is 448 g/mol. The zero-order valence-corrected chi connectivity index (χ0v) is 18.8. The molecule has 0 saturated carbocycles. The Morgan fingerprint density at radius 1 is 1.16 bits per heavy atom. The van der Waals surface area contributed by atoms with Gasteiger partial charge in [-0.15, -0.1) is 0 Å². The normalized spacial score (nSPS) is 16.3. The fourth-order valence-corrected chi connectivity index (χ4v) is 4.92. The minimum absolute atomic E-state index is 0.0899. The van der Waals surface area contributed by atoms with E-state index in [4.69, 9.17) is 19.6 Å². The molecule has 0 bridgehead atoms. The molecule has 0 spiro atoms. The Labute approximate surface area is 190 Å². The summed E-state index contributed by atoms with van der Waals surface area (Å²) in [7, 11) is 3.27. The van der Waals surface area contributed by atoms with Gasteiger partial charge in [-0.1, -0.05) is 12.1 Å². The number of likely N-dealkylation sites (tertiary alicyclic amines) is 1. The molecule has 1 fully saturated rings. The number of aromatic nitrogens is 3. The average Bonchev–Trinajstić information content (AvgIpc) is 3.53. The molecular formula is C24H24N4O3S. The Morgan fingerprint density at radius 2 is 2.06 bits per heavy atom. The predicted molar refractivity (Wildman–Crippen MR) is 124 cm³/mol. The molecule has 7 nitrogen and oxygen atoms in total. The summed E-state index contributed by atoms with van der Waals surface area (Å²) in [6.45, 7) is 1.42. The van der Waals surface area contributed by atoms with Gasteiger partial charge in [-0.05, 0) is 42.5 Å². The van der Waals surface area contributed by atoms with E-state index in [2.05, 4.69) is 0 Å². The number of hydrogen-bond donors (Lipinski definition) is 0. The number of para-hydroxylation sites is 1. The summed E-state index contributed by atoms with van der Waals surface area (Å²) in [5, 5.41) is 8.62. The first kappa shape index (κ1) is 20.5. The van der Waals surface area contributed by atoms with E-state index in [0.717, 1.165) is 47.5 Å². The van der Waals surface area contributed by atoms with Crippen LogP contribution < -0.4 is 9.47 Å². The van der Waals surface area contributed by atoms with Crippen LogP contribution in [0.5, 0.6) is 11.5 Å². The van der Waals surface area contributed by atoms with E-state index in [1.807, 2.05) is 62.8 Å². The Kier molecular flexibility index (Phi) is 5.53. The molecule has 1 atom stereocenters. The average molecular weight is 449 g/mol. The lowest BCUT2D eigenvalue weighted by Crippen LogP contribution is -2.39. The third kappa shape index (κ3) is 3.71. The summed E-state index contributed by atoms with van der Waals surface area (Å²) in [5.74, 6) is 2.36. The van der Waals surface area contributed by atoms with Crippen molar-refractivity contribution in [1.82, 2.24) is 19.5 Å². The van der Waals surface area contributed by atoms with Crippen LogP contribution in [0.25, 0.3) is 16.8 Å². The molecule has 0 unspecified atom stereocenters. The maximum absolute atomic E-state index is 12.8. The number of piperidine rings is 1. The van der Waals surface area contributed by atoms with Gasteiger partial charge in [0.05, 0.1) is 19.8 Å². The summed E-state index contributed by atoms with van der Waals surface area (Å²) < 4.78 is 12.8. The highest BCUT2D eigenvalue weighted by Gasteiger charge is 2.28. The van der Waals surface area contributed by atoms with Gasteiger partial charge in [0, 0.05) is 41.7 Å². The van der Waals surface area contributed by atoms with E-state index in [0.29, 0.717) is 18.0 Å². The maximum Gasteiger partial charge on any atom is 0.254 e. The van der Waals surface area contributed by atoms with Gasteiger partial charge >= 0.3 is 0 Å². The van der Waals surface area contributed by atoms with Crippen LogP contribution in [0.15, 0.2) is 53.4 Å². The minimum atomic E-state index is 0.0899. The van der Waals surface area contributed by atoms with Crippen molar-refractivity contribution in [3.8, 4) is 22.6 Å². The quantitative estimate of drug-likeness (QED) is 0.450. The molecule has 3 aromatic heterocycles. The number of rotatable bonds is 5. The summed E-state index contributed by atoms with van der Waals surface area (Å²) in [4.78, 5) is 19.5. The smallest absolute Gasteiger partial charge is 0.254 e. The fourth-order valence-electron chi connectivity index (χ4n) is 4.29. The molecule has 1 aromatic carbocycles. The molecule has 1 aliphatic rings. The van der Waals surface area contributed by atoms with Crippen LogP contribution in [0.4, 0.5) is 0 Å². The number of pyridine rings is 1. The third-order valence-electron chi connectivity index (χ3n) is 5.90. The maximum atomic E-state index is 12.8. The van der Waals surface area contributed by atoms with E-state index >= 15 is 0 Å². The van der Waals surface area contributed by atoms with E-state index in [-0.39, 0.29) is 11.8 Å². The van der Waals surface area contributed by atoms with Gasteiger partial charge in [0.15, 0.2) is 23.0 Å². The number of hydrogen-bond acceptors (Lipinski definition) is 6. The molecule has 1 amide bonds. The molecule has 32 heavy (non-hydrogen) atoms. The number of carbonyl (C=O) groups is 1. The predicted octanol–water partition coefficient (Wildman–Crippen LogP) is 4.49. The van der Waals surface area contributed by atoms with Crippen LogP contribution in [0.1, 0.15) is 34.9 Å². The van der Waals surface area contributed by atoms with E-state index < -0.39 is 0 Å². The second kappa shape index (κ2) is 8.63. The fraction of sp³-hybridized carbons (Fsp3) is 0.292. The zero-order valence-electron chi connectivity index (χ0n) is 18.0. The highest BCUT2D eigenvalue weighted by atomic mass is 32.1. The highest BCUT2D eigenvalue weighted by molar-refractivity contribution is 7.08. The van der Waals surface area contributed by atoms with Crippen LogP contribution in [-0.4, -0.2) is 52.7 Å². The molecule has 0 N–H and O–H groups in total. The van der Waals surface area contributed by atoms with Gasteiger partial charge in [0.25, 0.3) is 5.91 Å². The topological polar surface area (TPSA) is 69.0 Å². The number of ether oxygens (including phenoxy) is 2. The van der Waals surface area contributed by atoms with Crippen molar-refractivity contribution in [2.45, 2.75) is 18.8 Å². The van der Waals surface area contributed by atoms with Crippen molar-refractivity contribution in [1.29, 1.82) is 0 Å². The van der Waals surface area contributed by atoms with Gasteiger partial charge in [0.1, 0.15) is 0 Å². The Morgan fingerprint density at radius 3 is 2.84 bits per heavy atom. The van der Waals surface area contributed by atoms with Gasteiger partial charge < -0.3 is 14.4 Å². The van der Waals surface area contributed by atoms with Gasteiger partial charge in [-0.2, -0.15) is 16.4 Å². The first-order chi connectivity index (χ1) is 15.7. The Hall–Kier alpha value is -3.39. The van der Waals surface area contributed by atoms with Crippen molar-refractivity contribution in [2.75, 3.05) is 27.3 Å². The van der Waals surface area contributed by atoms with E-state index in [1.165, 1.54) is 0 Å². The number of methoxy groups -OCH3 is 2. The van der Waals surface area contributed by atoms with Crippen LogP contribution in [-0.2, 0) is 0 Å². The lowest BCUT2D eigenvalue weighted by atomic mass is 9.97. The summed E-state index contributed by atoms with van der Waals surface area (Å²) in [6, 6.07) is 11.7. The first-order valence-electron chi connectivity index (χ1n) is 10.6. The molecule has 1 aliphatic heterocycles. The number of thiophene rings is 1. The van der Waals surface area contributed by atoms with E-state index in [1.54, 1.807) is 25.6 Å². The number of amides is 1. The minimum Gasteiger partial charge on any atom is -0.493 e.